The minimum absolute atomic E-state index is 0.0685. The fraction of sp³-hybridized carbons (Fsp3) is 0.368. The normalized spacial score (nSPS) is 16.2. The summed E-state index contributed by atoms with van der Waals surface area (Å²) in [6, 6.07) is 20.0. The van der Waals surface area contributed by atoms with Crippen molar-refractivity contribution in [2.24, 2.45) is 0 Å². The molecule has 0 radical (unpaired) electrons. The fourth-order valence-electron chi connectivity index (χ4n) is 6.61. The molecule has 4 aromatic rings. The molecule has 9 heteroatoms. The molecule has 0 amide bonds. The highest BCUT2D eigenvalue weighted by Gasteiger charge is 2.30. The van der Waals surface area contributed by atoms with Crippen LogP contribution in [0, 0.1) is 0 Å². The Hall–Kier alpha value is -4.44. The predicted octanol–water partition coefficient (Wildman–Crippen LogP) is 6.56. The van der Waals surface area contributed by atoms with Gasteiger partial charge < -0.3 is 38.4 Å². The molecule has 2 aliphatic rings. The van der Waals surface area contributed by atoms with Crippen molar-refractivity contribution in [3.63, 3.8) is 0 Å². The molecule has 1 atom stereocenters. The molecule has 1 N–H and O–H groups in total. The van der Waals surface area contributed by atoms with E-state index in [1.807, 2.05) is 18.2 Å². The van der Waals surface area contributed by atoms with Gasteiger partial charge in [0.25, 0.3) is 0 Å². The highest BCUT2D eigenvalue weighted by molar-refractivity contribution is 5.62. The number of aliphatic hydroxyl groups excluding tert-OH is 1. The van der Waals surface area contributed by atoms with Gasteiger partial charge in [-0.1, -0.05) is 18.2 Å². The van der Waals surface area contributed by atoms with E-state index in [4.69, 9.17) is 28.4 Å². The minimum atomic E-state index is -0.0685. The van der Waals surface area contributed by atoms with E-state index in [0.717, 1.165) is 50.0 Å². The third-order valence-corrected chi connectivity index (χ3v) is 9.27. The van der Waals surface area contributed by atoms with Gasteiger partial charge in [0.15, 0.2) is 34.5 Å². The first-order chi connectivity index (χ1) is 22.8. The molecule has 9 nitrogen and oxygen atoms in total. The number of methoxy groups -OCH3 is 4. The van der Waals surface area contributed by atoms with Crippen LogP contribution in [0.4, 0.5) is 0 Å². The van der Waals surface area contributed by atoms with Crippen LogP contribution in [0.15, 0.2) is 60.7 Å². The van der Waals surface area contributed by atoms with Gasteiger partial charge in [0, 0.05) is 31.2 Å². The van der Waals surface area contributed by atoms with Crippen LogP contribution in [0.25, 0.3) is 0 Å². The summed E-state index contributed by atoms with van der Waals surface area (Å²) in [5.41, 5.74) is 6.72. The molecule has 4 aromatic carbocycles. The average Bonchev–Trinajstić information content (AvgIpc) is 3.09. The molecular formula is C38H44N2O7. The number of likely N-dealkylation sites (N-methyl/N-ethyl adjacent to an activating group) is 2. The number of rotatable bonds is 11. The van der Waals surface area contributed by atoms with Gasteiger partial charge in [-0.2, -0.15) is 0 Å². The van der Waals surface area contributed by atoms with Crippen LogP contribution in [0.2, 0.25) is 0 Å². The van der Waals surface area contributed by atoms with Crippen molar-refractivity contribution >= 4 is 0 Å². The number of benzene rings is 4. The summed E-state index contributed by atoms with van der Waals surface area (Å²) in [7, 11) is 10.9. The highest BCUT2D eigenvalue weighted by Crippen LogP contribution is 2.48. The van der Waals surface area contributed by atoms with E-state index in [1.165, 1.54) is 22.3 Å². The minimum Gasteiger partial charge on any atom is -0.493 e. The second kappa shape index (κ2) is 14.1. The Morgan fingerprint density at radius 2 is 1.34 bits per heavy atom. The van der Waals surface area contributed by atoms with Gasteiger partial charge in [0.05, 0.1) is 35.0 Å². The van der Waals surface area contributed by atoms with Crippen LogP contribution >= 0.6 is 0 Å². The lowest BCUT2D eigenvalue weighted by molar-refractivity contribution is 0.228. The first-order valence-electron chi connectivity index (χ1n) is 15.9. The van der Waals surface area contributed by atoms with Crippen LogP contribution in [0.5, 0.6) is 46.0 Å². The molecule has 0 fully saturated rings. The average molecular weight is 641 g/mol. The molecule has 0 bridgehead atoms. The maximum absolute atomic E-state index is 9.57. The zero-order chi connectivity index (χ0) is 33.1. The Labute approximate surface area is 277 Å². The first kappa shape index (κ1) is 32.5. The summed E-state index contributed by atoms with van der Waals surface area (Å²) >= 11 is 0. The number of ether oxygens (including phenoxy) is 6. The molecule has 0 saturated heterocycles. The number of nitrogens with zero attached hydrogens (tertiary/aromatic N) is 2. The van der Waals surface area contributed by atoms with Gasteiger partial charge in [-0.15, -0.1) is 0 Å². The van der Waals surface area contributed by atoms with E-state index in [-0.39, 0.29) is 12.6 Å². The summed E-state index contributed by atoms with van der Waals surface area (Å²) < 4.78 is 35.9. The largest absolute Gasteiger partial charge is 0.493 e. The van der Waals surface area contributed by atoms with Crippen molar-refractivity contribution in [1.82, 2.24) is 9.80 Å². The molecule has 0 aromatic heterocycles. The lowest BCUT2D eigenvalue weighted by Crippen LogP contribution is -2.33. The summed E-state index contributed by atoms with van der Waals surface area (Å²) in [6.45, 7) is 2.59. The number of aliphatic hydroxyl groups is 1. The predicted molar refractivity (Wildman–Crippen MR) is 181 cm³/mol. The third kappa shape index (κ3) is 6.70. The van der Waals surface area contributed by atoms with E-state index < -0.39 is 0 Å². The van der Waals surface area contributed by atoms with Gasteiger partial charge in [0.2, 0.25) is 5.75 Å². The maximum atomic E-state index is 9.57. The van der Waals surface area contributed by atoms with Gasteiger partial charge in [-0.3, -0.25) is 4.90 Å². The summed E-state index contributed by atoms with van der Waals surface area (Å²) in [6.07, 6.45) is 2.63. The van der Waals surface area contributed by atoms with Gasteiger partial charge in [0.1, 0.15) is 5.75 Å². The molecule has 0 spiro atoms. The van der Waals surface area contributed by atoms with Gasteiger partial charge in [-0.05, 0) is 104 Å². The Kier molecular flexibility index (Phi) is 9.77. The molecule has 248 valence electrons. The number of hydrogen-bond donors (Lipinski definition) is 1. The van der Waals surface area contributed by atoms with Gasteiger partial charge >= 0.3 is 0 Å². The molecule has 2 heterocycles. The van der Waals surface area contributed by atoms with Crippen molar-refractivity contribution in [3.8, 4) is 46.0 Å². The Morgan fingerprint density at radius 3 is 2.04 bits per heavy atom. The quantitative estimate of drug-likeness (QED) is 0.196. The van der Waals surface area contributed by atoms with Crippen LogP contribution < -0.4 is 28.4 Å². The van der Waals surface area contributed by atoms with Crippen molar-refractivity contribution in [2.45, 2.75) is 38.5 Å². The Bertz CT molecular complexity index is 1720. The zero-order valence-electron chi connectivity index (χ0n) is 28.1. The Balaban J connectivity index is 1.30. The monoisotopic (exact) mass is 640 g/mol. The summed E-state index contributed by atoms with van der Waals surface area (Å²) in [5.74, 6) is 5.12. The SMILES string of the molecule is COc1ccc(CO)cc1Oc1ccc(C[C@H]2c3cc(Oc4c5c(cc(OC)c4OC)CCN(C)C5)c(OC)cc3CCN2C)cc1. The number of hydrogen-bond acceptors (Lipinski definition) is 9. The van der Waals surface area contributed by atoms with Crippen molar-refractivity contribution in [3.05, 3.63) is 94.0 Å². The molecule has 6 rings (SSSR count). The smallest absolute Gasteiger partial charge is 0.204 e. The molecule has 0 aliphatic carbocycles. The third-order valence-electron chi connectivity index (χ3n) is 9.27. The second-order valence-corrected chi connectivity index (χ2v) is 12.2. The molecule has 47 heavy (non-hydrogen) atoms. The zero-order valence-corrected chi connectivity index (χ0v) is 28.1. The lowest BCUT2D eigenvalue weighted by atomic mass is 9.88. The van der Waals surface area contributed by atoms with Crippen molar-refractivity contribution in [1.29, 1.82) is 0 Å². The fourth-order valence-corrected chi connectivity index (χ4v) is 6.61. The Morgan fingerprint density at radius 1 is 0.660 bits per heavy atom. The van der Waals surface area contributed by atoms with E-state index in [9.17, 15) is 5.11 Å². The van der Waals surface area contributed by atoms with E-state index in [1.54, 1.807) is 40.6 Å². The summed E-state index contributed by atoms with van der Waals surface area (Å²) in [4.78, 5) is 4.69. The van der Waals surface area contributed by atoms with Crippen LogP contribution in [-0.4, -0.2) is 70.5 Å². The molecular weight excluding hydrogens is 596 g/mol. The first-order valence-corrected chi connectivity index (χ1v) is 15.9. The maximum Gasteiger partial charge on any atom is 0.204 e. The molecule has 0 saturated carbocycles. The second-order valence-electron chi connectivity index (χ2n) is 12.2. The standard InChI is InChI=1S/C38H44N2O7/c1-39-15-13-27-20-36(44-5)38(45-6)37(30(27)22-39)47-35-21-29-26(19-33(35)43-4)14-16-40(2)31(29)17-24-7-10-28(11-8-24)46-34-18-25(23-41)9-12-32(34)42-3/h7-12,18-21,31,41H,13-17,22-23H2,1-6H3/t31-/m0/s1. The van der Waals surface area contributed by atoms with Crippen LogP contribution in [0.3, 0.4) is 0 Å². The topological polar surface area (TPSA) is 82.1 Å². The van der Waals surface area contributed by atoms with Crippen LogP contribution in [0.1, 0.15) is 39.4 Å². The number of fused-ring (bicyclic) bond motifs is 2. The van der Waals surface area contributed by atoms with Crippen molar-refractivity contribution < 1.29 is 33.5 Å². The molecule has 2 aliphatic heterocycles. The van der Waals surface area contributed by atoms with E-state index >= 15 is 0 Å². The van der Waals surface area contributed by atoms with Crippen LogP contribution in [-0.2, 0) is 32.4 Å². The highest BCUT2D eigenvalue weighted by atomic mass is 16.5. The van der Waals surface area contributed by atoms with Gasteiger partial charge in [-0.25, -0.2) is 0 Å². The molecule has 0 unspecified atom stereocenters. The van der Waals surface area contributed by atoms with Crippen molar-refractivity contribution in [2.75, 3.05) is 55.6 Å². The van der Waals surface area contributed by atoms with E-state index in [0.29, 0.717) is 46.0 Å². The van der Waals surface area contributed by atoms with E-state index in [2.05, 4.69) is 54.2 Å². The lowest BCUT2D eigenvalue weighted by Gasteiger charge is -2.35. The summed E-state index contributed by atoms with van der Waals surface area (Å²) in [5, 5.41) is 9.57.